The number of aryl methyl sites for hydroxylation is 2. The molecule has 0 N–H and O–H groups in total. The fourth-order valence-corrected chi connectivity index (χ4v) is 4.34. The van der Waals surface area contributed by atoms with Crippen LogP contribution < -0.4 is 0 Å². The lowest BCUT2D eigenvalue weighted by molar-refractivity contribution is -0.143. The Hall–Kier alpha value is -1.97. The Morgan fingerprint density at radius 1 is 1.40 bits per heavy atom. The summed E-state index contributed by atoms with van der Waals surface area (Å²) in [6, 6.07) is 5.13. The largest absolute Gasteiger partial charge is 0.465 e. The van der Waals surface area contributed by atoms with Crippen LogP contribution in [0, 0.1) is 6.92 Å². The summed E-state index contributed by atoms with van der Waals surface area (Å²) in [4.78, 5) is 15.9. The predicted octanol–water partition coefficient (Wildman–Crippen LogP) is 1.53. The minimum atomic E-state index is -4.08. The van der Waals surface area contributed by atoms with Crippen LogP contribution in [0.5, 0.6) is 0 Å². The van der Waals surface area contributed by atoms with Crippen molar-refractivity contribution in [2.45, 2.75) is 25.3 Å². The Kier molecular flexibility index (Phi) is 6.15. The molecule has 0 bridgehead atoms. The number of pyridine rings is 1. The number of rotatable bonds is 7. The highest BCUT2D eigenvalue weighted by Gasteiger charge is 2.33. The van der Waals surface area contributed by atoms with Gasteiger partial charge in [-0.1, -0.05) is 17.7 Å². The van der Waals surface area contributed by atoms with Gasteiger partial charge >= 0.3 is 5.97 Å². The maximum atomic E-state index is 13.1. The first kappa shape index (κ1) is 19.4. The zero-order chi connectivity index (χ0) is 18.6. The standard InChI is InChI=1S/C15H19ClN4O4S/c1-4-24-13(21)10-20(9-12-7-5-6-8-17-12)25(22,23)14-11(2)18-19(3)15(14)16/h5-8H,4,9-10H2,1-3H3. The van der Waals surface area contributed by atoms with Crippen molar-refractivity contribution in [1.29, 1.82) is 0 Å². The summed E-state index contributed by atoms with van der Waals surface area (Å²) >= 11 is 6.11. The molecule has 10 heteroatoms. The minimum absolute atomic E-state index is 0.0209. The van der Waals surface area contributed by atoms with Crippen molar-refractivity contribution in [2.75, 3.05) is 13.2 Å². The fourth-order valence-electron chi connectivity index (χ4n) is 2.28. The lowest BCUT2D eigenvalue weighted by Gasteiger charge is -2.21. The molecule has 2 rings (SSSR count). The molecule has 0 saturated heterocycles. The number of hydrogen-bond acceptors (Lipinski definition) is 6. The molecule has 0 fully saturated rings. The van der Waals surface area contributed by atoms with Gasteiger partial charge in [0.25, 0.3) is 0 Å². The third kappa shape index (κ3) is 4.36. The van der Waals surface area contributed by atoms with E-state index < -0.39 is 22.5 Å². The molecule has 2 aromatic heterocycles. The monoisotopic (exact) mass is 386 g/mol. The van der Waals surface area contributed by atoms with E-state index in [4.69, 9.17) is 16.3 Å². The third-order valence-electron chi connectivity index (χ3n) is 3.37. The highest BCUT2D eigenvalue weighted by molar-refractivity contribution is 7.89. The molecule has 0 aliphatic heterocycles. The average Bonchev–Trinajstić information content (AvgIpc) is 2.81. The van der Waals surface area contributed by atoms with Crippen molar-refractivity contribution in [3.05, 3.63) is 40.9 Å². The van der Waals surface area contributed by atoms with E-state index in [1.54, 1.807) is 45.3 Å². The molecule has 0 saturated carbocycles. The lowest BCUT2D eigenvalue weighted by atomic mass is 10.3. The lowest BCUT2D eigenvalue weighted by Crippen LogP contribution is -2.36. The Labute approximate surface area is 151 Å². The summed E-state index contributed by atoms with van der Waals surface area (Å²) in [5, 5.41) is 4.01. The van der Waals surface area contributed by atoms with E-state index in [1.165, 1.54) is 4.68 Å². The van der Waals surface area contributed by atoms with Crippen LogP contribution in [-0.4, -0.2) is 46.6 Å². The van der Waals surface area contributed by atoms with Gasteiger partial charge in [0.1, 0.15) is 16.6 Å². The number of hydrogen-bond donors (Lipinski definition) is 0. The molecule has 0 amide bonds. The van der Waals surface area contributed by atoms with Crippen LogP contribution in [0.3, 0.4) is 0 Å². The molecule has 0 unspecified atom stereocenters. The number of halogens is 1. The number of nitrogens with zero attached hydrogens (tertiary/aromatic N) is 4. The number of sulfonamides is 1. The molecule has 8 nitrogen and oxygen atoms in total. The Morgan fingerprint density at radius 3 is 2.64 bits per heavy atom. The van der Waals surface area contributed by atoms with Crippen molar-refractivity contribution in [1.82, 2.24) is 19.1 Å². The van der Waals surface area contributed by atoms with Crippen molar-refractivity contribution in [3.63, 3.8) is 0 Å². The van der Waals surface area contributed by atoms with Gasteiger partial charge in [0.2, 0.25) is 10.0 Å². The maximum Gasteiger partial charge on any atom is 0.321 e. The summed E-state index contributed by atoms with van der Waals surface area (Å²) in [5.41, 5.74) is 0.746. The quantitative estimate of drug-likeness (QED) is 0.670. The van der Waals surface area contributed by atoms with Gasteiger partial charge in [0.05, 0.1) is 24.5 Å². The van der Waals surface area contributed by atoms with Gasteiger partial charge in [0.15, 0.2) is 0 Å². The molecular weight excluding hydrogens is 368 g/mol. The van der Waals surface area contributed by atoms with E-state index in [1.807, 2.05) is 0 Å². The minimum Gasteiger partial charge on any atom is -0.465 e. The van der Waals surface area contributed by atoms with Crippen molar-refractivity contribution in [3.8, 4) is 0 Å². The second-order valence-corrected chi connectivity index (χ2v) is 7.46. The third-order valence-corrected chi connectivity index (χ3v) is 5.86. The molecular formula is C15H19ClN4O4S. The van der Waals surface area contributed by atoms with Crippen LogP contribution >= 0.6 is 11.6 Å². The van der Waals surface area contributed by atoms with Gasteiger partial charge < -0.3 is 4.74 Å². The normalized spacial score (nSPS) is 11.7. The SMILES string of the molecule is CCOC(=O)CN(Cc1ccccn1)S(=O)(=O)c1c(C)nn(C)c1Cl. The van der Waals surface area contributed by atoms with E-state index in [0.717, 1.165) is 4.31 Å². The average molecular weight is 387 g/mol. The highest BCUT2D eigenvalue weighted by Crippen LogP contribution is 2.28. The van der Waals surface area contributed by atoms with Gasteiger partial charge in [-0.05, 0) is 26.0 Å². The number of esters is 1. The van der Waals surface area contributed by atoms with Crippen LogP contribution in [0.1, 0.15) is 18.3 Å². The van der Waals surface area contributed by atoms with E-state index in [2.05, 4.69) is 10.1 Å². The van der Waals surface area contributed by atoms with Crippen molar-refractivity contribution >= 4 is 27.6 Å². The molecule has 0 aliphatic carbocycles. The van der Waals surface area contributed by atoms with Gasteiger partial charge in [-0.2, -0.15) is 9.40 Å². The maximum absolute atomic E-state index is 13.1. The fraction of sp³-hybridized carbons (Fsp3) is 0.400. The molecule has 2 aromatic rings. The molecule has 0 aromatic carbocycles. The predicted molar refractivity (Wildman–Crippen MR) is 91.4 cm³/mol. The number of carbonyl (C=O) groups is 1. The van der Waals surface area contributed by atoms with E-state index in [-0.39, 0.29) is 28.9 Å². The first-order chi connectivity index (χ1) is 11.8. The first-order valence-electron chi connectivity index (χ1n) is 7.52. The van der Waals surface area contributed by atoms with Gasteiger partial charge in [-0.3, -0.25) is 14.5 Å². The second-order valence-electron chi connectivity index (χ2n) is 5.23. The van der Waals surface area contributed by atoms with Crippen LogP contribution in [0.15, 0.2) is 29.3 Å². The van der Waals surface area contributed by atoms with Crippen molar-refractivity contribution < 1.29 is 17.9 Å². The van der Waals surface area contributed by atoms with Gasteiger partial charge in [0, 0.05) is 13.2 Å². The molecule has 136 valence electrons. The van der Waals surface area contributed by atoms with Crippen LogP contribution in [0.25, 0.3) is 0 Å². The van der Waals surface area contributed by atoms with Crippen LogP contribution in [0.4, 0.5) is 0 Å². The molecule has 0 radical (unpaired) electrons. The summed E-state index contributed by atoms with van der Waals surface area (Å²) in [7, 11) is -2.53. The van der Waals surface area contributed by atoms with Crippen LogP contribution in [-0.2, 0) is 33.1 Å². The van der Waals surface area contributed by atoms with Gasteiger partial charge in [-0.15, -0.1) is 0 Å². The van der Waals surface area contributed by atoms with E-state index in [0.29, 0.717) is 5.69 Å². The summed E-state index contributed by atoms with van der Waals surface area (Å²) in [5.74, 6) is -0.653. The van der Waals surface area contributed by atoms with Crippen molar-refractivity contribution in [2.24, 2.45) is 7.05 Å². The summed E-state index contributed by atoms with van der Waals surface area (Å²) in [6.45, 7) is 2.81. The molecule has 25 heavy (non-hydrogen) atoms. The molecule has 2 heterocycles. The highest BCUT2D eigenvalue weighted by atomic mass is 35.5. The number of ether oxygens (including phenoxy) is 1. The number of aromatic nitrogens is 3. The number of carbonyl (C=O) groups excluding carboxylic acids is 1. The Balaban J connectivity index is 2.43. The Bertz CT molecular complexity index is 852. The Morgan fingerprint density at radius 2 is 2.12 bits per heavy atom. The molecule has 0 spiro atoms. The smallest absolute Gasteiger partial charge is 0.321 e. The van der Waals surface area contributed by atoms with E-state index in [9.17, 15) is 13.2 Å². The van der Waals surface area contributed by atoms with Gasteiger partial charge in [-0.25, -0.2) is 8.42 Å². The summed E-state index contributed by atoms with van der Waals surface area (Å²) in [6.07, 6.45) is 1.55. The van der Waals surface area contributed by atoms with Crippen LogP contribution in [0.2, 0.25) is 5.15 Å². The zero-order valence-electron chi connectivity index (χ0n) is 14.1. The molecule has 0 atom stereocenters. The topological polar surface area (TPSA) is 94.4 Å². The molecule has 0 aliphatic rings. The summed E-state index contributed by atoms with van der Waals surface area (Å²) < 4.78 is 33.3. The van der Waals surface area contributed by atoms with E-state index >= 15 is 0 Å². The zero-order valence-corrected chi connectivity index (χ0v) is 15.7. The second kappa shape index (κ2) is 7.94. The first-order valence-corrected chi connectivity index (χ1v) is 9.34.